The molecular formula is C15H18ClN3O. The van der Waals surface area contributed by atoms with Gasteiger partial charge in [0, 0.05) is 37.2 Å². The molecule has 2 aromatic rings. The van der Waals surface area contributed by atoms with Crippen LogP contribution < -0.4 is 5.32 Å². The van der Waals surface area contributed by atoms with E-state index >= 15 is 0 Å². The Kier molecular flexibility index (Phi) is 4.45. The van der Waals surface area contributed by atoms with Gasteiger partial charge in [-0.05, 0) is 29.7 Å². The van der Waals surface area contributed by atoms with Crippen molar-refractivity contribution in [1.29, 1.82) is 0 Å². The van der Waals surface area contributed by atoms with Gasteiger partial charge in [-0.2, -0.15) is 0 Å². The lowest BCUT2D eigenvalue weighted by Gasteiger charge is -2.09. The number of halogens is 1. The maximum absolute atomic E-state index is 12.1. The van der Waals surface area contributed by atoms with Gasteiger partial charge in [0.2, 0.25) is 0 Å². The van der Waals surface area contributed by atoms with Crippen LogP contribution in [0.15, 0.2) is 30.6 Å². The number of nitrogens with zero attached hydrogens (tertiary/aromatic N) is 2. The molecule has 4 nitrogen and oxygen atoms in total. The van der Waals surface area contributed by atoms with Crippen molar-refractivity contribution < 1.29 is 4.79 Å². The Hall–Kier alpha value is -1.81. The lowest BCUT2D eigenvalue weighted by atomic mass is 10.1. The first-order valence-electron chi connectivity index (χ1n) is 6.52. The molecule has 0 aliphatic carbocycles. The molecule has 0 bridgehead atoms. The van der Waals surface area contributed by atoms with Crippen LogP contribution in [-0.2, 0) is 13.6 Å². The number of carbonyl (C=O) groups excluding carboxylic acids is 1. The zero-order valence-electron chi connectivity index (χ0n) is 11.9. The second kappa shape index (κ2) is 6.09. The largest absolute Gasteiger partial charge is 0.357 e. The first-order valence-corrected chi connectivity index (χ1v) is 6.90. The summed E-state index contributed by atoms with van der Waals surface area (Å²) in [6, 6.07) is 5.35. The highest BCUT2D eigenvalue weighted by molar-refractivity contribution is 6.29. The fourth-order valence-electron chi connectivity index (χ4n) is 1.89. The van der Waals surface area contributed by atoms with Crippen molar-refractivity contribution in [2.24, 2.45) is 7.05 Å². The summed E-state index contributed by atoms with van der Waals surface area (Å²) < 4.78 is 1.95. The minimum absolute atomic E-state index is 0.139. The highest BCUT2D eigenvalue weighted by Crippen LogP contribution is 2.17. The van der Waals surface area contributed by atoms with Gasteiger partial charge in [-0.1, -0.05) is 25.4 Å². The second-order valence-electron chi connectivity index (χ2n) is 5.13. The molecule has 2 aromatic heterocycles. The van der Waals surface area contributed by atoms with Crippen LogP contribution in [0, 0.1) is 0 Å². The summed E-state index contributed by atoms with van der Waals surface area (Å²) in [5, 5.41) is 3.23. The molecule has 0 atom stereocenters. The molecule has 106 valence electrons. The highest BCUT2D eigenvalue weighted by Gasteiger charge is 2.11. The van der Waals surface area contributed by atoms with Crippen LogP contribution in [0.3, 0.4) is 0 Å². The summed E-state index contributed by atoms with van der Waals surface area (Å²) >= 11 is 5.96. The molecule has 2 heterocycles. The SMILES string of the molecule is CC(C)c1cc(C(=O)NCc2ccn(C)c2)cc(Cl)n1. The summed E-state index contributed by atoms with van der Waals surface area (Å²) in [5.41, 5.74) is 2.43. The first kappa shape index (κ1) is 14.6. The van der Waals surface area contributed by atoms with E-state index in [9.17, 15) is 4.79 Å². The number of rotatable bonds is 4. The van der Waals surface area contributed by atoms with E-state index in [4.69, 9.17) is 11.6 Å². The van der Waals surface area contributed by atoms with Gasteiger partial charge in [0.05, 0.1) is 0 Å². The van der Waals surface area contributed by atoms with Crippen molar-refractivity contribution in [3.63, 3.8) is 0 Å². The molecule has 0 fully saturated rings. The highest BCUT2D eigenvalue weighted by atomic mass is 35.5. The van der Waals surface area contributed by atoms with Crippen LogP contribution in [0.5, 0.6) is 0 Å². The van der Waals surface area contributed by atoms with Gasteiger partial charge in [-0.25, -0.2) is 4.98 Å². The average Bonchev–Trinajstić information content (AvgIpc) is 2.81. The number of aryl methyl sites for hydroxylation is 1. The molecule has 0 aliphatic heterocycles. The molecule has 0 aromatic carbocycles. The Morgan fingerprint density at radius 2 is 2.20 bits per heavy atom. The van der Waals surface area contributed by atoms with E-state index in [1.807, 2.05) is 43.9 Å². The molecule has 0 spiro atoms. The maximum atomic E-state index is 12.1. The summed E-state index contributed by atoms with van der Waals surface area (Å²) in [6.07, 6.45) is 3.92. The zero-order valence-corrected chi connectivity index (χ0v) is 12.6. The van der Waals surface area contributed by atoms with Crippen LogP contribution in [0.25, 0.3) is 0 Å². The Balaban J connectivity index is 2.09. The van der Waals surface area contributed by atoms with E-state index in [1.165, 1.54) is 0 Å². The van der Waals surface area contributed by atoms with Crippen molar-refractivity contribution in [3.8, 4) is 0 Å². The number of aromatic nitrogens is 2. The minimum Gasteiger partial charge on any atom is -0.357 e. The number of hydrogen-bond donors (Lipinski definition) is 1. The molecule has 0 unspecified atom stereocenters. The van der Waals surface area contributed by atoms with Gasteiger partial charge >= 0.3 is 0 Å². The van der Waals surface area contributed by atoms with Crippen LogP contribution in [0.1, 0.15) is 41.4 Å². The molecule has 2 rings (SSSR count). The Bertz CT molecular complexity index is 619. The van der Waals surface area contributed by atoms with E-state index in [1.54, 1.807) is 12.1 Å². The molecule has 5 heteroatoms. The molecule has 20 heavy (non-hydrogen) atoms. The predicted octanol–water partition coefficient (Wildman–Crippen LogP) is 3.13. The quantitative estimate of drug-likeness (QED) is 0.880. The summed E-state index contributed by atoms with van der Waals surface area (Å²) in [5.74, 6) is 0.0921. The van der Waals surface area contributed by atoms with Gasteiger partial charge < -0.3 is 9.88 Å². The van der Waals surface area contributed by atoms with Gasteiger partial charge in [0.1, 0.15) is 5.15 Å². The van der Waals surface area contributed by atoms with E-state index in [0.29, 0.717) is 17.3 Å². The molecule has 0 saturated carbocycles. The molecule has 1 N–H and O–H groups in total. The summed E-state index contributed by atoms with van der Waals surface area (Å²) in [7, 11) is 1.95. The average molecular weight is 292 g/mol. The number of carbonyl (C=O) groups is 1. The fourth-order valence-corrected chi connectivity index (χ4v) is 2.11. The Morgan fingerprint density at radius 3 is 2.80 bits per heavy atom. The first-order chi connectivity index (χ1) is 9.45. The predicted molar refractivity (Wildman–Crippen MR) is 79.9 cm³/mol. The summed E-state index contributed by atoms with van der Waals surface area (Å²) in [6.45, 7) is 4.53. The molecule has 0 aliphatic rings. The molecule has 0 saturated heterocycles. The fraction of sp³-hybridized carbons (Fsp3) is 0.333. The lowest BCUT2D eigenvalue weighted by Crippen LogP contribution is -2.23. The van der Waals surface area contributed by atoms with Crippen LogP contribution in [0.4, 0.5) is 0 Å². The Morgan fingerprint density at radius 1 is 1.45 bits per heavy atom. The van der Waals surface area contributed by atoms with Crippen molar-refractivity contribution in [1.82, 2.24) is 14.9 Å². The maximum Gasteiger partial charge on any atom is 0.251 e. The number of hydrogen-bond acceptors (Lipinski definition) is 2. The van der Waals surface area contributed by atoms with Gasteiger partial charge in [-0.15, -0.1) is 0 Å². The van der Waals surface area contributed by atoms with Crippen molar-refractivity contribution in [2.75, 3.05) is 0 Å². The number of pyridine rings is 1. The van der Waals surface area contributed by atoms with Crippen molar-refractivity contribution in [3.05, 3.63) is 52.6 Å². The standard InChI is InChI=1S/C15H18ClN3O/c1-10(2)13-6-12(7-14(16)18-13)15(20)17-8-11-4-5-19(3)9-11/h4-7,9-10H,8H2,1-3H3,(H,17,20). The molecule has 1 amide bonds. The minimum atomic E-state index is -0.139. The third-order valence-corrected chi connectivity index (χ3v) is 3.21. The lowest BCUT2D eigenvalue weighted by molar-refractivity contribution is 0.0950. The van der Waals surface area contributed by atoms with Gasteiger partial charge in [0.25, 0.3) is 5.91 Å². The van der Waals surface area contributed by atoms with Gasteiger partial charge in [0.15, 0.2) is 0 Å². The van der Waals surface area contributed by atoms with Gasteiger partial charge in [-0.3, -0.25) is 4.79 Å². The van der Waals surface area contributed by atoms with E-state index in [0.717, 1.165) is 11.3 Å². The van der Waals surface area contributed by atoms with E-state index in [2.05, 4.69) is 10.3 Å². The number of nitrogens with one attached hydrogen (secondary N) is 1. The van der Waals surface area contributed by atoms with Crippen molar-refractivity contribution in [2.45, 2.75) is 26.3 Å². The summed E-state index contributed by atoms with van der Waals surface area (Å²) in [4.78, 5) is 16.4. The van der Waals surface area contributed by atoms with E-state index in [-0.39, 0.29) is 11.8 Å². The van der Waals surface area contributed by atoms with Crippen LogP contribution in [-0.4, -0.2) is 15.5 Å². The van der Waals surface area contributed by atoms with Crippen LogP contribution >= 0.6 is 11.6 Å². The number of amides is 1. The molecule has 0 radical (unpaired) electrons. The smallest absolute Gasteiger partial charge is 0.251 e. The molecular weight excluding hydrogens is 274 g/mol. The third-order valence-electron chi connectivity index (χ3n) is 3.01. The zero-order chi connectivity index (χ0) is 14.7. The van der Waals surface area contributed by atoms with Crippen molar-refractivity contribution >= 4 is 17.5 Å². The Labute approximate surface area is 123 Å². The third kappa shape index (κ3) is 3.61. The van der Waals surface area contributed by atoms with E-state index < -0.39 is 0 Å². The van der Waals surface area contributed by atoms with Crippen LogP contribution in [0.2, 0.25) is 5.15 Å². The normalized spacial score (nSPS) is 10.8. The topological polar surface area (TPSA) is 46.9 Å². The monoisotopic (exact) mass is 291 g/mol. The second-order valence-corrected chi connectivity index (χ2v) is 5.51.